The van der Waals surface area contributed by atoms with Gasteiger partial charge in [0.1, 0.15) is 11.6 Å². The van der Waals surface area contributed by atoms with Gasteiger partial charge in [-0.25, -0.2) is 9.20 Å². The van der Waals surface area contributed by atoms with Crippen LogP contribution in [0.5, 0.6) is 5.75 Å². The van der Waals surface area contributed by atoms with E-state index in [1.54, 1.807) is 12.1 Å². The molecule has 0 fully saturated rings. The number of rotatable bonds is 5. The number of hydrogen-bond acceptors (Lipinski definition) is 6. The lowest BCUT2D eigenvalue weighted by Gasteiger charge is -2.33. The molecule has 0 saturated carbocycles. The lowest BCUT2D eigenvalue weighted by atomic mass is 9.81. The summed E-state index contributed by atoms with van der Waals surface area (Å²) in [5, 5.41) is 0.584. The summed E-state index contributed by atoms with van der Waals surface area (Å²) in [6, 6.07) is 20.9. The number of benzene rings is 3. The molecule has 2 N–H and O–H groups in total. The van der Waals surface area contributed by atoms with Crippen LogP contribution in [0.1, 0.15) is 17.5 Å². The molecule has 2 unspecified atom stereocenters. The summed E-state index contributed by atoms with van der Waals surface area (Å²) in [6.07, 6.45) is 0.784. The number of nitrogens with zero attached hydrogens (tertiary/aromatic N) is 3. The van der Waals surface area contributed by atoms with Crippen LogP contribution in [0.4, 0.5) is 13.2 Å². The maximum atomic E-state index is 12.9. The van der Waals surface area contributed by atoms with E-state index in [0.717, 1.165) is 17.5 Å². The van der Waals surface area contributed by atoms with Gasteiger partial charge in [-0.1, -0.05) is 54.1 Å². The number of aliphatic imine (C=N–C) groups is 2. The molecule has 0 amide bonds. The number of alkyl halides is 3. The predicted molar refractivity (Wildman–Crippen MR) is 134 cm³/mol. The van der Waals surface area contributed by atoms with Gasteiger partial charge in [-0.2, -0.15) is 13.2 Å². The Labute approximate surface area is 212 Å². The maximum Gasteiger partial charge on any atom is 0.508 e. The van der Waals surface area contributed by atoms with Gasteiger partial charge < -0.3 is 9.92 Å². The smallest absolute Gasteiger partial charge is 0.394 e. The third kappa shape index (κ3) is 4.35. The normalized spacial score (nSPS) is 20.4. The molecule has 0 radical (unpaired) electrons. The van der Waals surface area contributed by atoms with Gasteiger partial charge in [0, 0.05) is 18.1 Å². The van der Waals surface area contributed by atoms with Crippen molar-refractivity contribution in [3.63, 3.8) is 0 Å². The Kier molecular flexibility index (Phi) is 6.25. The van der Waals surface area contributed by atoms with Crippen LogP contribution in [0, 0.1) is 0 Å². The van der Waals surface area contributed by atoms with Crippen molar-refractivity contribution < 1.29 is 21.6 Å². The van der Waals surface area contributed by atoms with E-state index in [4.69, 9.17) is 31.5 Å². The maximum absolute atomic E-state index is 12.9. The molecule has 2 atom stereocenters. The fraction of sp³-hybridized carbons (Fsp3) is 0.200. The molecule has 2 heterocycles. The zero-order valence-electron chi connectivity index (χ0n) is 18.7. The fourth-order valence-electron chi connectivity index (χ4n) is 4.47. The first-order valence-corrected chi connectivity index (χ1v) is 12.5. The molecule has 11 heteroatoms. The first-order valence-electron chi connectivity index (χ1n) is 11.0. The van der Waals surface area contributed by atoms with Crippen molar-refractivity contribution in [2.75, 3.05) is 13.1 Å². The van der Waals surface area contributed by atoms with Crippen LogP contribution in [0.25, 0.3) is 11.1 Å². The van der Waals surface area contributed by atoms with Gasteiger partial charge in [0.15, 0.2) is 11.5 Å². The van der Waals surface area contributed by atoms with E-state index in [2.05, 4.69) is 0 Å². The zero-order valence-corrected chi connectivity index (χ0v) is 20.3. The minimum atomic E-state index is -5.01. The highest BCUT2D eigenvalue weighted by molar-refractivity contribution is 7.81. The molecule has 186 valence electrons. The quantitative estimate of drug-likeness (QED) is 0.487. The Morgan fingerprint density at radius 1 is 1.00 bits per heavy atom. The Hall–Kier alpha value is -3.37. The summed E-state index contributed by atoms with van der Waals surface area (Å²) in [7, 11) is 0. The number of guanidine groups is 1. The SMILES string of the molecule is NC1=NC(c2cccc(OS(=O)C(F)(F)F)c2)(c2cccc(-c3cccc(Cl)c3)c2)C2=NCCCN12. The van der Waals surface area contributed by atoms with E-state index in [1.165, 1.54) is 18.2 Å². The van der Waals surface area contributed by atoms with Gasteiger partial charge in [-0.15, -0.1) is 0 Å². The molecule has 0 saturated heterocycles. The summed E-state index contributed by atoms with van der Waals surface area (Å²) in [5.74, 6) is 0.618. The van der Waals surface area contributed by atoms with Crippen molar-refractivity contribution in [3.8, 4) is 16.9 Å². The van der Waals surface area contributed by atoms with Crippen molar-refractivity contribution in [2.24, 2.45) is 15.7 Å². The predicted octanol–water partition coefficient (Wildman–Crippen LogP) is 5.25. The van der Waals surface area contributed by atoms with Crippen LogP contribution in [0.3, 0.4) is 0 Å². The van der Waals surface area contributed by atoms with Crippen LogP contribution in [0.2, 0.25) is 5.02 Å². The van der Waals surface area contributed by atoms with Crippen molar-refractivity contribution >= 4 is 34.5 Å². The molecule has 2 aliphatic rings. The van der Waals surface area contributed by atoms with Crippen molar-refractivity contribution in [1.29, 1.82) is 0 Å². The van der Waals surface area contributed by atoms with Crippen LogP contribution in [-0.2, 0) is 16.6 Å². The second-order valence-electron chi connectivity index (χ2n) is 8.27. The molecular weight excluding hydrogens is 513 g/mol. The minimum absolute atomic E-state index is 0.211. The fourth-order valence-corrected chi connectivity index (χ4v) is 5.04. The van der Waals surface area contributed by atoms with Crippen molar-refractivity contribution in [1.82, 2.24) is 4.90 Å². The highest BCUT2D eigenvalue weighted by atomic mass is 35.5. The highest BCUT2D eigenvalue weighted by Crippen LogP contribution is 2.43. The molecule has 3 aromatic carbocycles. The van der Waals surface area contributed by atoms with Crippen molar-refractivity contribution in [3.05, 3.63) is 88.9 Å². The average Bonchev–Trinajstić information content (AvgIpc) is 3.17. The zero-order chi connectivity index (χ0) is 25.5. The molecule has 5 rings (SSSR count). The molecule has 0 aliphatic carbocycles. The van der Waals surface area contributed by atoms with Gasteiger partial charge in [0.05, 0.1) is 0 Å². The number of amidine groups is 1. The second-order valence-corrected chi connectivity index (χ2v) is 9.81. The van der Waals surface area contributed by atoms with Gasteiger partial charge in [0.25, 0.3) is 0 Å². The molecule has 36 heavy (non-hydrogen) atoms. The van der Waals surface area contributed by atoms with Gasteiger partial charge in [0.2, 0.25) is 0 Å². The molecule has 0 aromatic heterocycles. The van der Waals surface area contributed by atoms with E-state index in [-0.39, 0.29) is 11.7 Å². The largest absolute Gasteiger partial charge is 0.508 e. The molecule has 2 aliphatic heterocycles. The van der Waals surface area contributed by atoms with Crippen LogP contribution in [-0.4, -0.2) is 39.5 Å². The number of hydrogen-bond donors (Lipinski definition) is 1. The summed E-state index contributed by atoms with van der Waals surface area (Å²) < 4.78 is 55.0. The number of nitrogens with two attached hydrogens (primary N) is 1. The lowest BCUT2D eigenvalue weighted by molar-refractivity contribution is -0.0437. The Balaban J connectivity index is 1.68. The lowest BCUT2D eigenvalue weighted by Crippen LogP contribution is -2.46. The van der Waals surface area contributed by atoms with E-state index in [1.807, 2.05) is 47.4 Å². The van der Waals surface area contributed by atoms with Gasteiger partial charge >= 0.3 is 16.6 Å². The number of halogens is 4. The van der Waals surface area contributed by atoms with Crippen LogP contribution < -0.4 is 9.92 Å². The van der Waals surface area contributed by atoms with Crippen molar-refractivity contribution in [2.45, 2.75) is 17.5 Å². The number of fused-ring (bicyclic) bond motifs is 1. The van der Waals surface area contributed by atoms with Crippen LogP contribution >= 0.6 is 11.6 Å². The third-order valence-electron chi connectivity index (χ3n) is 5.99. The standard InChI is InChI=1S/C25H20ClF3N4O2S/c26-20-9-2-6-17(14-20)16-5-1-7-18(13-16)24(22-31-11-4-12-33(22)23(30)32-24)19-8-3-10-21(15-19)35-36(34)25(27,28)29/h1-3,5-10,13-15H,4,11-12H2,(H2,30,32). The van der Waals surface area contributed by atoms with E-state index in [9.17, 15) is 17.4 Å². The Morgan fingerprint density at radius 3 is 2.39 bits per heavy atom. The topological polar surface area (TPSA) is 80.3 Å². The molecule has 6 nitrogen and oxygen atoms in total. The molecule has 0 bridgehead atoms. The summed E-state index contributed by atoms with van der Waals surface area (Å²) in [5.41, 5.74) is 3.02. The van der Waals surface area contributed by atoms with E-state index >= 15 is 0 Å². The Bertz CT molecular complexity index is 1410. The first kappa shape index (κ1) is 24.3. The molecule has 0 spiro atoms. The first-order chi connectivity index (χ1) is 17.2. The summed E-state index contributed by atoms with van der Waals surface area (Å²) in [6.45, 7) is 1.16. The summed E-state index contributed by atoms with van der Waals surface area (Å²) >= 11 is 2.69. The molecule has 3 aromatic rings. The van der Waals surface area contributed by atoms with E-state index < -0.39 is 22.1 Å². The minimum Gasteiger partial charge on any atom is -0.394 e. The second kappa shape index (κ2) is 9.25. The highest BCUT2D eigenvalue weighted by Gasteiger charge is 2.49. The third-order valence-corrected chi connectivity index (χ3v) is 6.95. The van der Waals surface area contributed by atoms with Crippen LogP contribution in [0.15, 0.2) is 82.8 Å². The monoisotopic (exact) mass is 532 g/mol. The van der Waals surface area contributed by atoms with E-state index in [0.29, 0.717) is 35.1 Å². The average molecular weight is 533 g/mol. The van der Waals surface area contributed by atoms with Gasteiger partial charge in [-0.3, -0.25) is 9.89 Å². The molecular formula is C25H20ClF3N4O2S. The Morgan fingerprint density at radius 2 is 1.67 bits per heavy atom. The van der Waals surface area contributed by atoms with Gasteiger partial charge in [-0.05, 0) is 59.0 Å². The summed E-state index contributed by atoms with van der Waals surface area (Å²) in [4.78, 5) is 11.4.